The van der Waals surface area contributed by atoms with Gasteiger partial charge < -0.3 is 24.1 Å². The van der Waals surface area contributed by atoms with Gasteiger partial charge in [-0.2, -0.15) is 0 Å². The normalized spacial score (nSPS) is 13.7. The Bertz CT molecular complexity index is 1900. The number of hydrogen-bond donors (Lipinski definition) is 2. The van der Waals surface area contributed by atoms with Crippen LogP contribution < -0.4 is 16.0 Å². The van der Waals surface area contributed by atoms with Gasteiger partial charge in [0.15, 0.2) is 0 Å². The second-order valence-corrected chi connectivity index (χ2v) is 12.5. The number of nitrogens with zero attached hydrogens (tertiary/aromatic N) is 3. The predicted molar refractivity (Wildman–Crippen MR) is 175 cm³/mol. The molecule has 0 aliphatic carbocycles. The third kappa shape index (κ3) is 6.99. The summed E-state index contributed by atoms with van der Waals surface area (Å²) in [6.45, 7) is 6.50. The van der Waals surface area contributed by atoms with E-state index in [0.717, 1.165) is 41.7 Å². The Labute approximate surface area is 269 Å². The second-order valence-electron chi connectivity index (χ2n) is 11.5. The molecule has 46 heavy (non-hydrogen) atoms. The van der Waals surface area contributed by atoms with Crippen molar-refractivity contribution in [3.8, 4) is 16.5 Å². The number of hydrogen-bond acceptors (Lipinski definition) is 9. The van der Waals surface area contributed by atoms with E-state index >= 15 is 0 Å². The molecule has 0 spiro atoms. The highest BCUT2D eigenvalue weighted by Gasteiger charge is 2.35. The lowest BCUT2D eigenvalue weighted by Crippen LogP contribution is -2.52. The molecule has 2 aromatic carbocycles. The van der Waals surface area contributed by atoms with Gasteiger partial charge in [0.05, 0.1) is 22.6 Å². The lowest BCUT2D eigenvalue weighted by atomic mass is 10.1. The van der Waals surface area contributed by atoms with Crippen LogP contribution in [0.15, 0.2) is 81.1 Å². The maximum Gasteiger partial charge on any atom is 0.333 e. The van der Waals surface area contributed by atoms with Gasteiger partial charge in [0, 0.05) is 19.8 Å². The first-order valence-corrected chi connectivity index (χ1v) is 15.8. The first kappa shape index (κ1) is 32.9. The summed E-state index contributed by atoms with van der Waals surface area (Å²) in [4.78, 5) is 44.8. The van der Waals surface area contributed by atoms with Gasteiger partial charge in [0.25, 0.3) is 5.56 Å². The van der Waals surface area contributed by atoms with Gasteiger partial charge >= 0.3 is 11.7 Å². The number of aromatic nitrogens is 3. The minimum atomic E-state index is -1.77. The minimum absolute atomic E-state index is 0.0891. The van der Waals surface area contributed by atoms with Crippen LogP contribution in [0.25, 0.3) is 21.0 Å². The molecule has 0 bridgehead atoms. The summed E-state index contributed by atoms with van der Waals surface area (Å²) >= 11 is 1.23. The molecule has 0 unspecified atom stereocenters. The van der Waals surface area contributed by atoms with Gasteiger partial charge in [-0.1, -0.05) is 48.5 Å². The van der Waals surface area contributed by atoms with E-state index in [9.17, 15) is 19.5 Å². The number of benzene rings is 2. The number of aliphatic carboxylic acids is 1. The van der Waals surface area contributed by atoms with Crippen molar-refractivity contribution >= 4 is 27.5 Å². The van der Waals surface area contributed by atoms with Crippen molar-refractivity contribution in [2.75, 3.05) is 13.2 Å². The molecule has 242 valence electrons. The number of rotatable bonds is 9. The zero-order chi connectivity index (χ0) is 32.8. The molecule has 2 N–H and O–H groups in total. The van der Waals surface area contributed by atoms with Crippen LogP contribution >= 0.6 is 11.3 Å². The van der Waals surface area contributed by atoms with E-state index in [-0.39, 0.29) is 18.0 Å². The van der Waals surface area contributed by atoms with Gasteiger partial charge in [0.2, 0.25) is 5.89 Å². The molecule has 6 rings (SSSR count). The Balaban J connectivity index is 0.000000527. The van der Waals surface area contributed by atoms with Crippen LogP contribution in [0.3, 0.4) is 0 Å². The summed E-state index contributed by atoms with van der Waals surface area (Å²) in [6, 6.07) is 17.4. The zero-order valence-electron chi connectivity index (χ0n) is 26.0. The van der Waals surface area contributed by atoms with Crippen LogP contribution in [0.4, 0.5) is 0 Å². The third-order valence-electron chi connectivity index (χ3n) is 7.93. The summed E-state index contributed by atoms with van der Waals surface area (Å²) in [5.41, 5.74) is -0.623. The Kier molecular flexibility index (Phi) is 10.2. The van der Waals surface area contributed by atoms with Crippen molar-refractivity contribution in [3.63, 3.8) is 0 Å². The number of ether oxygens (including phenoxy) is 2. The molecule has 1 aliphatic rings. The number of carboxylic acid groups (broad SMARTS) is 1. The summed E-state index contributed by atoms with van der Waals surface area (Å²) in [7, 11) is 0. The number of carboxylic acids is 1. The summed E-state index contributed by atoms with van der Waals surface area (Å²) in [5, 5.41) is 19.0. The van der Waals surface area contributed by atoms with Crippen molar-refractivity contribution in [3.05, 3.63) is 105 Å². The minimum Gasteiger partial charge on any atom is -0.489 e. The quantitative estimate of drug-likeness (QED) is 0.226. The number of aliphatic hydroxyl groups excluding tert-OH is 1. The summed E-state index contributed by atoms with van der Waals surface area (Å²) in [6.07, 6.45) is 4.90. The fourth-order valence-electron chi connectivity index (χ4n) is 5.18. The molecule has 5 aromatic rings. The number of fused-ring (bicyclic) bond motifs is 1. The van der Waals surface area contributed by atoms with Gasteiger partial charge in [-0.3, -0.25) is 9.36 Å². The first-order valence-electron chi connectivity index (χ1n) is 15.0. The lowest BCUT2D eigenvalue weighted by molar-refractivity contribution is -0.146. The Hall–Kier alpha value is -4.52. The fourth-order valence-corrected chi connectivity index (χ4v) is 6.43. The van der Waals surface area contributed by atoms with Crippen LogP contribution in [-0.2, 0) is 34.6 Å². The van der Waals surface area contributed by atoms with E-state index in [1.54, 1.807) is 6.92 Å². The third-order valence-corrected chi connectivity index (χ3v) is 9.23. The Morgan fingerprint density at radius 2 is 1.78 bits per heavy atom. The van der Waals surface area contributed by atoms with Gasteiger partial charge in [-0.25, -0.2) is 19.1 Å². The topological polar surface area (TPSA) is 146 Å². The number of thiophene rings is 1. The molecule has 1 saturated heterocycles. The highest BCUT2D eigenvalue weighted by molar-refractivity contribution is 7.22. The molecule has 11 nitrogen and oxygen atoms in total. The second kappa shape index (κ2) is 14.3. The zero-order valence-corrected chi connectivity index (χ0v) is 26.8. The lowest BCUT2D eigenvalue weighted by Gasteiger charge is -2.23. The summed E-state index contributed by atoms with van der Waals surface area (Å²) in [5.74, 6) is -0.267. The predicted octanol–water partition coefficient (Wildman–Crippen LogP) is 4.99. The number of oxazole rings is 1. The molecular weight excluding hydrogens is 610 g/mol. The van der Waals surface area contributed by atoms with Crippen LogP contribution in [0.1, 0.15) is 43.4 Å². The largest absolute Gasteiger partial charge is 0.489 e. The molecule has 0 atom stereocenters. The van der Waals surface area contributed by atoms with Crippen LogP contribution in [0, 0.1) is 6.92 Å². The van der Waals surface area contributed by atoms with Crippen molar-refractivity contribution in [2.24, 2.45) is 0 Å². The number of para-hydroxylation sites is 1. The monoisotopic (exact) mass is 647 g/mol. The SMILES string of the molecule is Cc1c(-c2ncco2)sc2c1c(=O)n(C(C)(C)C(=O)O)c(=O)n2CCc1ccccc1OCc1ccccc1.OC1CCOCC1. The number of aryl methyl sites for hydroxylation is 3. The van der Waals surface area contributed by atoms with E-state index in [1.165, 1.54) is 42.2 Å². The maximum atomic E-state index is 13.8. The van der Waals surface area contributed by atoms with Crippen LogP contribution in [-0.4, -0.2) is 49.6 Å². The van der Waals surface area contributed by atoms with Crippen molar-refractivity contribution in [2.45, 2.75) is 64.8 Å². The number of carbonyl (C=O) groups is 1. The molecular formula is C34H37N3O8S. The molecule has 0 radical (unpaired) electrons. The van der Waals surface area contributed by atoms with E-state index < -0.39 is 22.8 Å². The number of aliphatic hydroxyl groups is 1. The van der Waals surface area contributed by atoms with E-state index in [2.05, 4.69) is 4.98 Å². The summed E-state index contributed by atoms with van der Waals surface area (Å²) < 4.78 is 18.8. The Morgan fingerprint density at radius 3 is 2.41 bits per heavy atom. The van der Waals surface area contributed by atoms with E-state index in [4.69, 9.17) is 19.0 Å². The van der Waals surface area contributed by atoms with Crippen molar-refractivity contribution in [1.29, 1.82) is 0 Å². The van der Waals surface area contributed by atoms with Crippen molar-refractivity contribution in [1.82, 2.24) is 14.1 Å². The molecule has 0 amide bonds. The standard InChI is InChI=1S/C29H27N3O6S.C5H10O2/c1-18-22-25(33)32(29(2,3)27(34)35)28(36)31(26(22)39-23(18)24-30-14-16-37-24)15-13-20-11-7-8-12-21(20)38-17-19-9-5-4-6-10-19;6-5-1-3-7-4-2-5/h4-12,14,16H,13,15,17H2,1-3H3,(H,34,35);5-6H,1-4H2. The molecule has 4 heterocycles. The van der Waals surface area contributed by atoms with Gasteiger partial charge in [-0.15, -0.1) is 11.3 Å². The molecule has 12 heteroatoms. The van der Waals surface area contributed by atoms with Crippen molar-refractivity contribution < 1.29 is 28.9 Å². The van der Waals surface area contributed by atoms with E-state index in [0.29, 0.717) is 39.9 Å². The van der Waals surface area contributed by atoms with Gasteiger partial charge in [0.1, 0.15) is 29.0 Å². The Morgan fingerprint density at radius 1 is 1.09 bits per heavy atom. The van der Waals surface area contributed by atoms with Gasteiger partial charge in [-0.05, 0) is 62.8 Å². The average molecular weight is 648 g/mol. The smallest absolute Gasteiger partial charge is 0.333 e. The van der Waals surface area contributed by atoms with Crippen LogP contribution in [0.2, 0.25) is 0 Å². The first-order chi connectivity index (χ1) is 22.1. The molecule has 1 aliphatic heterocycles. The molecule has 1 fully saturated rings. The van der Waals surface area contributed by atoms with E-state index in [1.807, 2.05) is 54.6 Å². The molecule has 0 saturated carbocycles. The fraction of sp³-hybridized carbons (Fsp3) is 0.353. The maximum absolute atomic E-state index is 13.8. The average Bonchev–Trinajstić information content (AvgIpc) is 3.70. The molecule has 3 aromatic heterocycles. The highest BCUT2D eigenvalue weighted by Crippen LogP contribution is 2.36. The highest BCUT2D eigenvalue weighted by atomic mass is 32.1. The van der Waals surface area contributed by atoms with Crippen LogP contribution in [0.5, 0.6) is 5.75 Å².